The summed E-state index contributed by atoms with van der Waals surface area (Å²) in [5.41, 5.74) is -6.18. The first kappa shape index (κ1) is 19.4. The molecule has 0 amide bonds. The van der Waals surface area contributed by atoms with Gasteiger partial charge in [-0.2, -0.15) is 0 Å². The van der Waals surface area contributed by atoms with E-state index in [-0.39, 0.29) is 12.0 Å². The zero-order valence-corrected chi connectivity index (χ0v) is 16.7. The van der Waals surface area contributed by atoms with Gasteiger partial charge in [-0.05, 0) is 19.4 Å². The molecule has 0 aromatic rings. The van der Waals surface area contributed by atoms with Crippen molar-refractivity contribution in [2.45, 2.75) is 74.5 Å². The molecule has 160 valence electrons. The third kappa shape index (κ3) is 1.70. The lowest BCUT2D eigenvalue weighted by atomic mass is 9.49. The van der Waals surface area contributed by atoms with E-state index in [1.165, 1.54) is 14.0 Å². The van der Waals surface area contributed by atoms with Crippen LogP contribution >= 0.6 is 0 Å². The molecule has 11 atom stereocenters. The minimum atomic E-state index is -1.93. The predicted octanol–water partition coefficient (Wildman–Crippen LogP) is -0.935. The van der Waals surface area contributed by atoms with Crippen molar-refractivity contribution < 1.29 is 43.9 Å². The summed E-state index contributed by atoms with van der Waals surface area (Å²) in [6, 6.07) is 0. The van der Waals surface area contributed by atoms with Crippen LogP contribution in [0.1, 0.15) is 27.2 Å². The van der Waals surface area contributed by atoms with E-state index in [1.807, 2.05) is 0 Å². The Bertz CT molecular complexity index is 840. The van der Waals surface area contributed by atoms with Gasteiger partial charge in [-0.25, -0.2) is 0 Å². The summed E-state index contributed by atoms with van der Waals surface area (Å²) >= 11 is 0. The van der Waals surface area contributed by atoms with Crippen LogP contribution in [0.15, 0.2) is 12.2 Å². The van der Waals surface area contributed by atoms with Crippen LogP contribution in [0.5, 0.6) is 0 Å². The molecule has 5 fully saturated rings. The zero-order chi connectivity index (χ0) is 21.3. The molecule has 5 aliphatic rings. The van der Waals surface area contributed by atoms with Crippen molar-refractivity contribution in [2.24, 2.45) is 17.3 Å². The van der Waals surface area contributed by atoms with Gasteiger partial charge in [-0.1, -0.05) is 13.5 Å². The second kappa shape index (κ2) is 5.20. The van der Waals surface area contributed by atoms with Gasteiger partial charge in [0, 0.05) is 13.5 Å². The Morgan fingerprint density at radius 1 is 1.24 bits per heavy atom. The molecule has 3 saturated heterocycles. The second-order valence-corrected chi connectivity index (χ2v) is 9.42. The Kier molecular flexibility index (Phi) is 3.49. The van der Waals surface area contributed by atoms with Gasteiger partial charge in [-0.3, -0.25) is 9.59 Å². The van der Waals surface area contributed by atoms with Crippen molar-refractivity contribution in [1.82, 2.24) is 0 Å². The summed E-state index contributed by atoms with van der Waals surface area (Å²) in [5, 5.41) is 33.7. The van der Waals surface area contributed by atoms with E-state index in [0.29, 0.717) is 0 Å². The summed E-state index contributed by atoms with van der Waals surface area (Å²) in [7, 11) is 1.39. The van der Waals surface area contributed by atoms with E-state index in [9.17, 15) is 24.9 Å². The van der Waals surface area contributed by atoms with Gasteiger partial charge < -0.3 is 34.3 Å². The number of carbonyl (C=O) groups excluding carboxylic acids is 2. The molecule has 1 unspecified atom stereocenters. The number of carbonyl (C=O) groups is 2. The minimum Gasteiger partial charge on any atom is -0.456 e. The Morgan fingerprint density at radius 3 is 2.41 bits per heavy atom. The molecule has 2 saturated carbocycles. The first-order chi connectivity index (χ1) is 13.4. The number of methoxy groups -OCH3 is 1. The summed E-state index contributed by atoms with van der Waals surface area (Å²) in [4.78, 5) is 25.5. The van der Waals surface area contributed by atoms with Gasteiger partial charge in [0.1, 0.15) is 35.4 Å². The molecule has 3 heterocycles. The van der Waals surface area contributed by atoms with Crippen molar-refractivity contribution in [2.75, 3.05) is 7.11 Å². The molecule has 9 heteroatoms. The van der Waals surface area contributed by atoms with Crippen LogP contribution < -0.4 is 0 Å². The summed E-state index contributed by atoms with van der Waals surface area (Å²) in [6.45, 7) is 8.59. The van der Waals surface area contributed by atoms with Crippen molar-refractivity contribution in [3.8, 4) is 0 Å². The number of hydrogen-bond acceptors (Lipinski definition) is 9. The normalized spacial score (nSPS) is 57.9. The predicted molar refractivity (Wildman–Crippen MR) is 94.3 cm³/mol. The lowest BCUT2D eigenvalue weighted by molar-refractivity contribution is -0.300. The van der Waals surface area contributed by atoms with Crippen molar-refractivity contribution in [3.05, 3.63) is 12.2 Å². The number of aliphatic hydroxyl groups is 3. The SMILES string of the molecule is C=C(C)C1(O)[C@H]2OC(=O)[C@@H]1[C@]1(O)[C@H]3O[C@H]3[C@]3(C[C@H]([C@@H](C)O)C(=O)O3)[C@]1(C)[C@@H]2OC. The van der Waals surface area contributed by atoms with Crippen LogP contribution in [0.25, 0.3) is 0 Å². The Morgan fingerprint density at radius 2 is 1.90 bits per heavy atom. The quantitative estimate of drug-likeness (QED) is 0.306. The molecule has 9 nitrogen and oxygen atoms in total. The highest BCUT2D eigenvalue weighted by atomic mass is 16.7. The Hall–Kier alpha value is -1.52. The molecule has 29 heavy (non-hydrogen) atoms. The van der Waals surface area contributed by atoms with Gasteiger partial charge >= 0.3 is 11.9 Å². The van der Waals surface area contributed by atoms with Crippen LogP contribution in [0.4, 0.5) is 0 Å². The molecule has 2 aliphatic carbocycles. The Labute approximate surface area is 167 Å². The molecule has 0 radical (unpaired) electrons. The minimum absolute atomic E-state index is 0.0997. The maximum absolute atomic E-state index is 12.9. The molecule has 5 rings (SSSR count). The second-order valence-electron chi connectivity index (χ2n) is 9.42. The molecule has 0 aromatic heterocycles. The lowest BCUT2D eigenvalue weighted by Crippen LogP contribution is -2.77. The highest BCUT2D eigenvalue weighted by Gasteiger charge is 2.95. The van der Waals surface area contributed by atoms with Crippen LogP contribution in [0.3, 0.4) is 0 Å². The maximum atomic E-state index is 12.9. The molecule has 0 aromatic carbocycles. The third-order valence-electron chi connectivity index (χ3n) is 8.36. The molecular formula is C20H26O9. The van der Waals surface area contributed by atoms with E-state index in [1.54, 1.807) is 13.8 Å². The van der Waals surface area contributed by atoms with Gasteiger partial charge in [0.05, 0.1) is 17.4 Å². The molecule has 3 aliphatic heterocycles. The van der Waals surface area contributed by atoms with E-state index < -0.39 is 76.5 Å². The fourth-order valence-corrected chi connectivity index (χ4v) is 6.82. The number of epoxide rings is 1. The number of hydrogen-bond donors (Lipinski definition) is 3. The van der Waals surface area contributed by atoms with Gasteiger partial charge in [0.25, 0.3) is 0 Å². The van der Waals surface area contributed by atoms with Crippen LogP contribution in [0.2, 0.25) is 0 Å². The van der Waals surface area contributed by atoms with Gasteiger partial charge in [0.15, 0.2) is 11.7 Å². The standard InChI is InChI=1S/C20H26O9/c1-7(2)19(24)10-16(23)28-13(19)11(26-5)17(4)18(12-14(27-12)20(10,17)25)6-9(8(3)21)15(22)29-18/h8-14,21,24-25H,1,6H2,2-5H3/t8-,9-,10+,11-,12-,13+,14+,17+,18-,19?,20+/m1/s1. The highest BCUT2D eigenvalue weighted by Crippen LogP contribution is 2.76. The van der Waals surface area contributed by atoms with Crippen molar-refractivity contribution >= 4 is 11.9 Å². The fourth-order valence-electron chi connectivity index (χ4n) is 6.82. The average Bonchev–Trinajstić information content (AvgIpc) is 3.27. The largest absolute Gasteiger partial charge is 0.456 e. The first-order valence-corrected chi connectivity index (χ1v) is 9.83. The van der Waals surface area contributed by atoms with E-state index in [4.69, 9.17) is 18.9 Å². The van der Waals surface area contributed by atoms with Crippen molar-refractivity contribution in [1.29, 1.82) is 0 Å². The van der Waals surface area contributed by atoms with E-state index in [0.717, 1.165) is 0 Å². The third-order valence-corrected chi connectivity index (χ3v) is 8.36. The number of rotatable bonds is 3. The lowest BCUT2D eigenvalue weighted by Gasteiger charge is -2.60. The summed E-state index contributed by atoms with van der Waals surface area (Å²) in [6.07, 6.45) is -4.52. The van der Waals surface area contributed by atoms with Gasteiger partial charge in [0.2, 0.25) is 0 Å². The first-order valence-electron chi connectivity index (χ1n) is 9.83. The highest BCUT2D eigenvalue weighted by molar-refractivity contribution is 5.83. The van der Waals surface area contributed by atoms with Crippen LogP contribution in [-0.4, -0.2) is 81.7 Å². The topological polar surface area (TPSA) is 135 Å². The van der Waals surface area contributed by atoms with E-state index in [2.05, 4.69) is 6.58 Å². The molecular weight excluding hydrogens is 384 g/mol. The van der Waals surface area contributed by atoms with Crippen LogP contribution in [0, 0.1) is 17.3 Å². The fraction of sp³-hybridized carbons (Fsp3) is 0.800. The van der Waals surface area contributed by atoms with Gasteiger partial charge in [-0.15, -0.1) is 0 Å². The maximum Gasteiger partial charge on any atom is 0.315 e. The Balaban J connectivity index is 1.74. The van der Waals surface area contributed by atoms with E-state index >= 15 is 0 Å². The molecule has 1 spiro atoms. The molecule has 2 bridgehead atoms. The number of fused-ring (bicyclic) bond motifs is 8. The van der Waals surface area contributed by atoms with Crippen molar-refractivity contribution in [3.63, 3.8) is 0 Å². The van der Waals surface area contributed by atoms with Crippen LogP contribution in [-0.2, 0) is 28.5 Å². The number of ether oxygens (including phenoxy) is 4. The summed E-state index contributed by atoms with van der Waals surface area (Å²) in [5.74, 6) is -3.52. The number of esters is 2. The molecule has 3 N–H and O–H groups in total. The summed E-state index contributed by atoms with van der Waals surface area (Å²) < 4.78 is 22.9. The zero-order valence-electron chi connectivity index (χ0n) is 16.7. The average molecular weight is 410 g/mol. The number of aliphatic hydroxyl groups excluding tert-OH is 1. The smallest absolute Gasteiger partial charge is 0.315 e. The monoisotopic (exact) mass is 410 g/mol.